The minimum atomic E-state index is 0.406. The molecule has 0 aliphatic carbocycles. The van der Waals surface area contributed by atoms with Crippen molar-refractivity contribution in [2.24, 2.45) is 0 Å². The summed E-state index contributed by atoms with van der Waals surface area (Å²) in [5.41, 5.74) is 1.78. The van der Waals surface area contributed by atoms with Gasteiger partial charge in [0, 0.05) is 0 Å². The number of halogens is 3. The van der Waals surface area contributed by atoms with Crippen molar-refractivity contribution in [3.63, 3.8) is 0 Å². The van der Waals surface area contributed by atoms with E-state index in [-0.39, 0.29) is 0 Å². The highest BCUT2D eigenvalue weighted by Crippen LogP contribution is 2.34. The number of aromatic nitrogens is 2. The van der Waals surface area contributed by atoms with Crippen LogP contribution in [0.5, 0.6) is 0 Å². The molecule has 3 aromatic rings. The van der Waals surface area contributed by atoms with E-state index in [1.54, 1.807) is 30.3 Å². The highest BCUT2D eigenvalue weighted by molar-refractivity contribution is 9.10. The zero-order chi connectivity index (χ0) is 12.7. The molecule has 6 heteroatoms. The molecule has 2 aromatic heterocycles. The Morgan fingerprint density at radius 2 is 1.89 bits per heavy atom. The number of benzene rings is 1. The zero-order valence-electron chi connectivity index (χ0n) is 8.82. The molecular formula is C12H5BrCl2N2O. The molecule has 0 bridgehead atoms. The minimum absolute atomic E-state index is 0.406. The average molecular weight is 344 g/mol. The van der Waals surface area contributed by atoms with Gasteiger partial charge in [-0.25, -0.2) is 4.98 Å². The first-order valence-corrected chi connectivity index (χ1v) is 6.57. The summed E-state index contributed by atoms with van der Waals surface area (Å²) in [5.74, 6) is 0.406. The van der Waals surface area contributed by atoms with Crippen LogP contribution in [0.25, 0.3) is 22.7 Å². The van der Waals surface area contributed by atoms with E-state index < -0.39 is 0 Å². The fourth-order valence-corrected chi connectivity index (χ4v) is 2.26. The van der Waals surface area contributed by atoms with Gasteiger partial charge in [-0.2, -0.15) is 4.98 Å². The molecule has 0 spiro atoms. The third-order valence-corrected chi connectivity index (χ3v) is 3.66. The highest BCUT2D eigenvalue weighted by Gasteiger charge is 2.14. The maximum Gasteiger partial charge on any atom is 0.230 e. The molecule has 2 heterocycles. The molecule has 18 heavy (non-hydrogen) atoms. The first-order chi connectivity index (χ1) is 8.65. The van der Waals surface area contributed by atoms with E-state index >= 15 is 0 Å². The molecule has 0 aliphatic rings. The quantitative estimate of drug-likeness (QED) is 0.586. The lowest BCUT2D eigenvalue weighted by Crippen LogP contribution is -1.81. The number of rotatable bonds is 1. The van der Waals surface area contributed by atoms with Gasteiger partial charge < -0.3 is 4.42 Å². The van der Waals surface area contributed by atoms with Gasteiger partial charge in [0.1, 0.15) is 4.60 Å². The number of nitrogens with zero attached hydrogens (tertiary/aromatic N) is 2. The maximum absolute atomic E-state index is 6.12. The highest BCUT2D eigenvalue weighted by atomic mass is 79.9. The van der Waals surface area contributed by atoms with Gasteiger partial charge in [0.05, 0.1) is 15.6 Å². The Morgan fingerprint density at radius 1 is 1.06 bits per heavy atom. The number of oxazole rings is 1. The Morgan fingerprint density at radius 3 is 2.72 bits per heavy atom. The molecule has 1 aromatic carbocycles. The average Bonchev–Trinajstić information content (AvgIpc) is 2.75. The second kappa shape index (κ2) is 4.53. The predicted molar refractivity (Wildman–Crippen MR) is 75.0 cm³/mol. The van der Waals surface area contributed by atoms with E-state index in [1.807, 2.05) is 0 Å². The first kappa shape index (κ1) is 12.0. The fraction of sp³-hybridized carbons (Fsp3) is 0. The third-order valence-electron chi connectivity index (χ3n) is 2.40. The van der Waals surface area contributed by atoms with Crippen LogP contribution in [0.15, 0.2) is 39.4 Å². The Bertz CT molecular complexity index is 742. The van der Waals surface area contributed by atoms with E-state index in [1.165, 1.54) is 0 Å². The lowest BCUT2D eigenvalue weighted by atomic mass is 10.2. The van der Waals surface area contributed by atoms with Crippen LogP contribution in [0.4, 0.5) is 0 Å². The summed E-state index contributed by atoms with van der Waals surface area (Å²) in [6.45, 7) is 0. The van der Waals surface area contributed by atoms with E-state index in [9.17, 15) is 0 Å². The molecule has 0 saturated carbocycles. The van der Waals surface area contributed by atoms with Crippen molar-refractivity contribution in [2.45, 2.75) is 0 Å². The molecule has 0 atom stereocenters. The summed E-state index contributed by atoms with van der Waals surface area (Å²) in [5, 5.41) is 0.885. The molecule has 3 rings (SSSR count). The van der Waals surface area contributed by atoms with Gasteiger partial charge in [0.25, 0.3) is 0 Å². The molecule has 0 saturated heterocycles. The lowest BCUT2D eigenvalue weighted by molar-refractivity contribution is 0.619. The Kier molecular flexibility index (Phi) is 3.01. The molecule has 0 amide bonds. The molecule has 0 unspecified atom stereocenters. The van der Waals surface area contributed by atoms with Crippen LogP contribution in [0.3, 0.4) is 0 Å². The number of hydrogen-bond acceptors (Lipinski definition) is 3. The first-order valence-electron chi connectivity index (χ1n) is 5.02. The van der Waals surface area contributed by atoms with Crippen molar-refractivity contribution in [3.05, 3.63) is 45.0 Å². The van der Waals surface area contributed by atoms with Crippen molar-refractivity contribution in [3.8, 4) is 11.5 Å². The summed E-state index contributed by atoms with van der Waals surface area (Å²) in [4.78, 5) is 8.50. The minimum Gasteiger partial charge on any atom is -0.434 e. The van der Waals surface area contributed by atoms with Crippen molar-refractivity contribution in [1.82, 2.24) is 9.97 Å². The standard InChI is InChI=1S/C12H5BrCl2N2O/c13-9-5-4-8-11(16-9)17-12(18-8)6-2-1-3-7(14)10(6)15/h1-5H. The topological polar surface area (TPSA) is 38.9 Å². The Labute approximate surface area is 121 Å². The summed E-state index contributed by atoms with van der Waals surface area (Å²) < 4.78 is 6.31. The van der Waals surface area contributed by atoms with Crippen LogP contribution >= 0.6 is 39.1 Å². The molecule has 0 fully saturated rings. The molecule has 3 nitrogen and oxygen atoms in total. The second-order valence-electron chi connectivity index (χ2n) is 3.58. The van der Waals surface area contributed by atoms with Crippen LogP contribution in [0, 0.1) is 0 Å². The molecular weight excluding hydrogens is 339 g/mol. The summed E-state index contributed by atoms with van der Waals surface area (Å²) >= 11 is 15.4. The largest absolute Gasteiger partial charge is 0.434 e. The second-order valence-corrected chi connectivity index (χ2v) is 5.17. The Balaban J connectivity index is 2.22. The lowest BCUT2D eigenvalue weighted by Gasteiger charge is -2.00. The zero-order valence-corrected chi connectivity index (χ0v) is 11.9. The SMILES string of the molecule is Clc1cccc(-c2nc3nc(Br)ccc3o2)c1Cl. The van der Waals surface area contributed by atoms with E-state index in [4.69, 9.17) is 27.6 Å². The predicted octanol–water partition coefficient (Wildman–Crippen LogP) is 4.96. The molecule has 0 radical (unpaired) electrons. The van der Waals surface area contributed by atoms with Gasteiger partial charge in [-0.3, -0.25) is 0 Å². The Hall–Kier alpha value is -1.10. The van der Waals surface area contributed by atoms with E-state index in [0.717, 1.165) is 0 Å². The van der Waals surface area contributed by atoms with Crippen LogP contribution < -0.4 is 0 Å². The molecule has 0 N–H and O–H groups in total. The monoisotopic (exact) mass is 342 g/mol. The van der Waals surface area contributed by atoms with Gasteiger partial charge in [0.2, 0.25) is 5.89 Å². The molecule has 90 valence electrons. The summed E-state index contributed by atoms with van der Waals surface area (Å²) in [6.07, 6.45) is 0. The van der Waals surface area contributed by atoms with E-state index in [0.29, 0.717) is 37.3 Å². The van der Waals surface area contributed by atoms with Gasteiger partial charge in [-0.05, 0) is 40.2 Å². The summed E-state index contributed by atoms with van der Waals surface area (Å²) in [7, 11) is 0. The number of hydrogen-bond donors (Lipinski definition) is 0. The van der Waals surface area contributed by atoms with Crippen molar-refractivity contribution in [2.75, 3.05) is 0 Å². The van der Waals surface area contributed by atoms with Gasteiger partial charge >= 0.3 is 0 Å². The number of fused-ring (bicyclic) bond motifs is 1. The fourth-order valence-electron chi connectivity index (χ4n) is 1.58. The van der Waals surface area contributed by atoms with Crippen molar-refractivity contribution >= 4 is 50.4 Å². The van der Waals surface area contributed by atoms with Crippen LogP contribution in [0.2, 0.25) is 10.0 Å². The van der Waals surface area contributed by atoms with Gasteiger partial charge in [0.15, 0.2) is 11.2 Å². The number of pyridine rings is 1. The normalized spacial score (nSPS) is 11.1. The molecule has 0 aliphatic heterocycles. The van der Waals surface area contributed by atoms with Crippen molar-refractivity contribution in [1.29, 1.82) is 0 Å². The van der Waals surface area contributed by atoms with Gasteiger partial charge in [-0.1, -0.05) is 29.3 Å². The third kappa shape index (κ3) is 2.00. The maximum atomic E-state index is 6.12. The van der Waals surface area contributed by atoms with Crippen molar-refractivity contribution < 1.29 is 4.42 Å². The van der Waals surface area contributed by atoms with Crippen LogP contribution in [0.1, 0.15) is 0 Å². The van der Waals surface area contributed by atoms with Crippen LogP contribution in [-0.2, 0) is 0 Å². The van der Waals surface area contributed by atoms with Gasteiger partial charge in [-0.15, -0.1) is 0 Å². The van der Waals surface area contributed by atoms with E-state index in [2.05, 4.69) is 25.9 Å². The van der Waals surface area contributed by atoms with Crippen LogP contribution in [-0.4, -0.2) is 9.97 Å². The summed E-state index contributed by atoms with van der Waals surface area (Å²) in [6, 6.07) is 8.89. The smallest absolute Gasteiger partial charge is 0.230 e.